The molecule has 25 heavy (non-hydrogen) atoms. The number of allylic oxidation sites excluding steroid dienone is 1. The van der Waals surface area contributed by atoms with Gasteiger partial charge in [-0.2, -0.15) is 0 Å². The summed E-state index contributed by atoms with van der Waals surface area (Å²) in [5, 5.41) is 3.65. The lowest BCUT2D eigenvalue weighted by Gasteiger charge is -2.33. The van der Waals surface area contributed by atoms with Crippen molar-refractivity contribution in [2.75, 3.05) is 5.32 Å². The molecule has 1 unspecified atom stereocenters. The summed E-state index contributed by atoms with van der Waals surface area (Å²) in [6.07, 6.45) is 1.53. The van der Waals surface area contributed by atoms with Crippen molar-refractivity contribution in [3.63, 3.8) is 0 Å². The fourth-order valence-electron chi connectivity index (χ4n) is 3.75. The first-order valence-electron chi connectivity index (χ1n) is 8.78. The molecule has 0 amide bonds. The molecule has 2 nitrogen and oxygen atoms in total. The van der Waals surface area contributed by atoms with Gasteiger partial charge in [0.25, 0.3) is 0 Å². The summed E-state index contributed by atoms with van der Waals surface area (Å²) < 4.78 is 0. The summed E-state index contributed by atoms with van der Waals surface area (Å²) in [4.78, 5) is 14.3. The number of Topliss-reactive ketones (excluding diaryl/α,β-unsaturated/α-hetero) is 1. The van der Waals surface area contributed by atoms with Crippen LogP contribution in [0.2, 0.25) is 0 Å². The van der Waals surface area contributed by atoms with E-state index in [1.807, 2.05) is 0 Å². The standard InChI is InChI=1S/C22H23NOS/c1-14-8-10-15(11-9-14)21-20-17(12-22(2,3)13-18(20)24)23-16-6-4-5-7-19(16)25-21/h4-11,21,23H,12-13H2,1-3H3. The van der Waals surface area contributed by atoms with Gasteiger partial charge in [-0.1, -0.05) is 55.8 Å². The Morgan fingerprint density at radius 3 is 2.52 bits per heavy atom. The normalized spacial score (nSPS) is 21.9. The predicted molar refractivity (Wildman–Crippen MR) is 105 cm³/mol. The maximum atomic E-state index is 13.1. The van der Waals surface area contributed by atoms with Crippen LogP contribution in [0.5, 0.6) is 0 Å². The summed E-state index contributed by atoms with van der Waals surface area (Å²) >= 11 is 1.79. The third kappa shape index (κ3) is 3.13. The van der Waals surface area contributed by atoms with Crippen LogP contribution in [0.3, 0.4) is 0 Å². The molecule has 0 radical (unpaired) electrons. The summed E-state index contributed by atoms with van der Waals surface area (Å²) in [6.45, 7) is 6.46. The Balaban J connectivity index is 1.88. The topological polar surface area (TPSA) is 29.1 Å². The highest BCUT2D eigenvalue weighted by Gasteiger charge is 2.38. The van der Waals surface area contributed by atoms with E-state index in [1.165, 1.54) is 16.0 Å². The number of fused-ring (bicyclic) bond motifs is 1. The van der Waals surface area contributed by atoms with Crippen LogP contribution in [0, 0.1) is 12.3 Å². The molecule has 1 atom stereocenters. The van der Waals surface area contributed by atoms with Crippen molar-refractivity contribution in [3.05, 3.63) is 70.9 Å². The first-order chi connectivity index (χ1) is 11.9. The average molecular weight is 349 g/mol. The molecule has 2 aromatic carbocycles. The van der Waals surface area contributed by atoms with Crippen LogP contribution in [0.25, 0.3) is 0 Å². The lowest BCUT2D eigenvalue weighted by atomic mass is 9.74. The highest BCUT2D eigenvalue weighted by Crippen LogP contribution is 2.51. The maximum absolute atomic E-state index is 13.1. The Morgan fingerprint density at radius 2 is 1.76 bits per heavy atom. The Labute approximate surface area is 153 Å². The minimum atomic E-state index is 0.00466. The molecule has 0 saturated carbocycles. The quantitative estimate of drug-likeness (QED) is 0.695. The molecule has 0 spiro atoms. The molecule has 128 valence electrons. The summed E-state index contributed by atoms with van der Waals surface area (Å²) in [5.41, 5.74) is 5.62. The predicted octanol–water partition coefficient (Wildman–Crippen LogP) is 5.90. The van der Waals surface area contributed by atoms with Gasteiger partial charge in [0, 0.05) is 22.6 Å². The van der Waals surface area contributed by atoms with E-state index < -0.39 is 0 Å². The number of ketones is 1. The number of para-hydroxylation sites is 1. The average Bonchev–Trinajstić information content (AvgIpc) is 2.70. The van der Waals surface area contributed by atoms with E-state index in [1.54, 1.807) is 11.8 Å². The lowest BCUT2D eigenvalue weighted by Crippen LogP contribution is -2.29. The Bertz CT molecular complexity index is 864. The molecule has 0 bridgehead atoms. The van der Waals surface area contributed by atoms with E-state index in [2.05, 4.69) is 74.6 Å². The number of aryl methyl sites for hydroxylation is 1. The largest absolute Gasteiger partial charge is 0.358 e. The van der Waals surface area contributed by atoms with Crippen LogP contribution in [-0.4, -0.2) is 5.78 Å². The number of hydrogen-bond donors (Lipinski definition) is 1. The molecule has 0 saturated heterocycles. The van der Waals surface area contributed by atoms with Gasteiger partial charge >= 0.3 is 0 Å². The molecule has 1 aliphatic carbocycles. The van der Waals surface area contributed by atoms with Crippen molar-refractivity contribution < 1.29 is 4.79 Å². The fraction of sp³-hybridized carbons (Fsp3) is 0.318. The number of hydrogen-bond acceptors (Lipinski definition) is 3. The molecule has 1 N–H and O–H groups in total. The highest BCUT2D eigenvalue weighted by molar-refractivity contribution is 8.00. The Hall–Kier alpha value is -2.00. The summed E-state index contributed by atoms with van der Waals surface area (Å²) in [7, 11) is 0. The molecular weight excluding hydrogens is 326 g/mol. The highest BCUT2D eigenvalue weighted by atomic mass is 32.2. The van der Waals surface area contributed by atoms with E-state index >= 15 is 0 Å². The number of rotatable bonds is 1. The number of carbonyl (C=O) groups excluding carboxylic acids is 1. The second kappa shape index (κ2) is 6.06. The Kier molecular flexibility index (Phi) is 3.99. The van der Waals surface area contributed by atoms with Gasteiger partial charge in [-0.25, -0.2) is 0 Å². The second-order valence-electron chi connectivity index (χ2n) is 7.86. The molecule has 2 aromatic rings. The first kappa shape index (κ1) is 16.5. The van der Waals surface area contributed by atoms with Crippen molar-refractivity contribution in [3.8, 4) is 0 Å². The van der Waals surface area contributed by atoms with Crippen molar-refractivity contribution in [2.45, 2.75) is 43.8 Å². The minimum Gasteiger partial charge on any atom is -0.358 e. The molecule has 1 aliphatic heterocycles. The van der Waals surface area contributed by atoms with Gasteiger partial charge in [0.1, 0.15) is 0 Å². The molecule has 0 fully saturated rings. The second-order valence-corrected chi connectivity index (χ2v) is 9.01. The fourth-order valence-corrected chi connectivity index (χ4v) is 5.09. The monoisotopic (exact) mass is 349 g/mol. The molecule has 1 heterocycles. The molecule has 0 aromatic heterocycles. The van der Waals surface area contributed by atoms with Crippen molar-refractivity contribution in [1.29, 1.82) is 0 Å². The zero-order valence-electron chi connectivity index (χ0n) is 14.9. The van der Waals surface area contributed by atoms with Crippen LogP contribution in [0.4, 0.5) is 5.69 Å². The van der Waals surface area contributed by atoms with Gasteiger partial charge in [0.05, 0.1) is 10.9 Å². The van der Waals surface area contributed by atoms with E-state index in [-0.39, 0.29) is 16.4 Å². The minimum absolute atomic E-state index is 0.00466. The molecule has 4 rings (SSSR count). The Morgan fingerprint density at radius 1 is 1.04 bits per heavy atom. The van der Waals surface area contributed by atoms with Crippen LogP contribution in [-0.2, 0) is 4.79 Å². The van der Waals surface area contributed by atoms with Crippen molar-refractivity contribution >= 4 is 23.2 Å². The van der Waals surface area contributed by atoms with E-state index in [0.29, 0.717) is 6.42 Å². The third-order valence-electron chi connectivity index (χ3n) is 4.98. The molecule has 3 heteroatoms. The van der Waals surface area contributed by atoms with Crippen molar-refractivity contribution in [2.24, 2.45) is 5.41 Å². The molecule has 2 aliphatic rings. The van der Waals surface area contributed by atoms with Crippen LogP contribution in [0.15, 0.2) is 64.7 Å². The zero-order valence-corrected chi connectivity index (χ0v) is 15.7. The van der Waals surface area contributed by atoms with Gasteiger partial charge in [-0.05, 0) is 36.5 Å². The zero-order chi connectivity index (χ0) is 17.6. The smallest absolute Gasteiger partial charge is 0.162 e. The number of benzene rings is 2. The van der Waals surface area contributed by atoms with Gasteiger partial charge in [0.2, 0.25) is 0 Å². The van der Waals surface area contributed by atoms with E-state index in [4.69, 9.17) is 0 Å². The summed E-state index contributed by atoms with van der Waals surface area (Å²) in [6, 6.07) is 17.0. The molecular formula is C22H23NOS. The first-order valence-corrected chi connectivity index (χ1v) is 9.66. The van der Waals surface area contributed by atoms with Gasteiger partial charge in [-0.15, -0.1) is 11.8 Å². The van der Waals surface area contributed by atoms with Crippen LogP contribution in [0.1, 0.15) is 43.1 Å². The number of nitrogens with one attached hydrogen (secondary N) is 1. The number of anilines is 1. The third-order valence-corrected chi connectivity index (χ3v) is 6.33. The van der Waals surface area contributed by atoms with Gasteiger partial charge in [-0.3, -0.25) is 4.79 Å². The van der Waals surface area contributed by atoms with Gasteiger partial charge < -0.3 is 5.32 Å². The maximum Gasteiger partial charge on any atom is 0.162 e. The number of thioether (sulfide) groups is 1. The van der Waals surface area contributed by atoms with Crippen molar-refractivity contribution in [1.82, 2.24) is 0 Å². The van der Waals surface area contributed by atoms with E-state index in [9.17, 15) is 4.79 Å². The SMILES string of the molecule is Cc1ccc(C2Sc3ccccc3NC3=C2C(=O)CC(C)(C)C3)cc1. The summed E-state index contributed by atoms with van der Waals surface area (Å²) in [5.74, 6) is 0.282. The van der Waals surface area contributed by atoms with Gasteiger partial charge in [0.15, 0.2) is 5.78 Å². The number of carbonyl (C=O) groups is 1. The van der Waals surface area contributed by atoms with Crippen LogP contribution < -0.4 is 5.32 Å². The van der Waals surface area contributed by atoms with E-state index in [0.717, 1.165) is 23.4 Å². The van der Waals surface area contributed by atoms with Crippen LogP contribution >= 0.6 is 11.8 Å². The lowest BCUT2D eigenvalue weighted by molar-refractivity contribution is -0.118.